The van der Waals surface area contributed by atoms with Gasteiger partial charge in [0.25, 0.3) is 0 Å². The lowest BCUT2D eigenvalue weighted by Crippen LogP contribution is -2.42. The molecule has 3 N–H and O–H groups in total. The number of likely N-dealkylation sites (tertiary alicyclic amines) is 1. The van der Waals surface area contributed by atoms with Crippen LogP contribution in [-0.2, 0) is 5.60 Å². The topological polar surface area (TPSA) is 73.0 Å². The normalized spacial score (nSPS) is 19.0. The smallest absolute Gasteiger partial charge is 0.191 e. The van der Waals surface area contributed by atoms with E-state index in [4.69, 9.17) is 4.42 Å². The zero-order valence-corrected chi connectivity index (χ0v) is 16.9. The van der Waals surface area contributed by atoms with Gasteiger partial charge in [0.2, 0.25) is 0 Å². The van der Waals surface area contributed by atoms with Crippen molar-refractivity contribution in [1.82, 2.24) is 15.5 Å². The Morgan fingerprint density at radius 1 is 1.23 bits per heavy atom. The highest BCUT2D eigenvalue weighted by Crippen LogP contribution is 2.27. The van der Waals surface area contributed by atoms with E-state index in [1.54, 1.807) is 6.92 Å². The van der Waals surface area contributed by atoms with E-state index in [-0.39, 0.29) is 6.54 Å². The Kier molecular flexibility index (Phi) is 7.97. The van der Waals surface area contributed by atoms with E-state index in [0.717, 1.165) is 42.7 Å². The van der Waals surface area contributed by atoms with Crippen LogP contribution in [0.2, 0.25) is 0 Å². The molecule has 148 valence electrons. The Morgan fingerprint density at radius 2 is 1.92 bits per heavy atom. The van der Waals surface area contributed by atoms with Gasteiger partial charge in [-0.1, -0.05) is 12.8 Å². The van der Waals surface area contributed by atoms with Crippen LogP contribution in [0, 0.1) is 13.8 Å². The first kappa shape index (κ1) is 20.8. The molecule has 1 aliphatic heterocycles. The summed E-state index contributed by atoms with van der Waals surface area (Å²) in [5.41, 5.74) is -0.242. The van der Waals surface area contributed by atoms with Gasteiger partial charge in [0, 0.05) is 25.2 Å². The molecule has 0 spiro atoms. The SMILES string of the molecule is CCNC(=NCC(C)(O)c1cc(C)oc1C)NCCN1CCCCCC1. The minimum absolute atomic E-state index is 0.284. The van der Waals surface area contributed by atoms with Gasteiger partial charge in [-0.15, -0.1) is 0 Å². The van der Waals surface area contributed by atoms with Crippen LogP contribution >= 0.6 is 0 Å². The number of hydrogen-bond donors (Lipinski definition) is 3. The number of aryl methyl sites for hydroxylation is 2. The van der Waals surface area contributed by atoms with Crippen molar-refractivity contribution in [2.24, 2.45) is 4.99 Å². The fraction of sp³-hybridized carbons (Fsp3) is 0.750. The van der Waals surface area contributed by atoms with E-state index in [9.17, 15) is 5.11 Å². The first-order valence-corrected chi connectivity index (χ1v) is 9.97. The number of nitrogens with one attached hydrogen (secondary N) is 2. The Morgan fingerprint density at radius 3 is 2.50 bits per heavy atom. The molecule has 6 nitrogen and oxygen atoms in total. The van der Waals surface area contributed by atoms with Gasteiger partial charge in [-0.05, 0) is 59.7 Å². The molecule has 2 heterocycles. The Balaban J connectivity index is 1.89. The van der Waals surface area contributed by atoms with E-state index in [0.29, 0.717) is 0 Å². The van der Waals surface area contributed by atoms with Crippen molar-refractivity contribution < 1.29 is 9.52 Å². The fourth-order valence-electron chi connectivity index (χ4n) is 3.52. The molecule has 0 saturated carbocycles. The third-order valence-corrected chi connectivity index (χ3v) is 4.93. The van der Waals surface area contributed by atoms with Gasteiger partial charge in [0.15, 0.2) is 5.96 Å². The minimum Gasteiger partial charge on any atom is -0.466 e. The molecule has 26 heavy (non-hydrogen) atoms. The summed E-state index contributed by atoms with van der Waals surface area (Å²) >= 11 is 0. The molecule has 1 fully saturated rings. The first-order valence-electron chi connectivity index (χ1n) is 9.97. The maximum absolute atomic E-state index is 10.8. The third kappa shape index (κ3) is 6.32. The second kappa shape index (κ2) is 9.97. The molecule has 0 bridgehead atoms. The van der Waals surface area contributed by atoms with Gasteiger partial charge in [-0.25, -0.2) is 4.99 Å². The Bertz CT molecular complexity index is 572. The zero-order valence-electron chi connectivity index (χ0n) is 16.9. The molecule has 0 aliphatic carbocycles. The van der Waals surface area contributed by atoms with E-state index < -0.39 is 5.60 Å². The van der Waals surface area contributed by atoms with Crippen LogP contribution in [0.25, 0.3) is 0 Å². The summed E-state index contributed by atoms with van der Waals surface area (Å²) in [6, 6.07) is 1.89. The van der Waals surface area contributed by atoms with Crippen molar-refractivity contribution in [2.75, 3.05) is 39.3 Å². The first-order chi connectivity index (χ1) is 12.4. The van der Waals surface area contributed by atoms with Gasteiger partial charge in [-0.2, -0.15) is 0 Å². The summed E-state index contributed by atoms with van der Waals surface area (Å²) in [5.74, 6) is 2.31. The van der Waals surface area contributed by atoms with Crippen LogP contribution in [0.15, 0.2) is 15.5 Å². The van der Waals surface area contributed by atoms with Gasteiger partial charge >= 0.3 is 0 Å². The predicted molar refractivity (Wildman–Crippen MR) is 107 cm³/mol. The van der Waals surface area contributed by atoms with Crippen molar-refractivity contribution >= 4 is 5.96 Å². The zero-order chi connectivity index (χ0) is 19.0. The van der Waals surface area contributed by atoms with Crippen LogP contribution in [0.4, 0.5) is 0 Å². The number of hydrogen-bond acceptors (Lipinski definition) is 4. The largest absolute Gasteiger partial charge is 0.466 e. The molecule has 1 atom stereocenters. The molecule has 6 heteroatoms. The summed E-state index contributed by atoms with van der Waals surface area (Å²) in [6.45, 7) is 13.0. The maximum atomic E-state index is 10.8. The molecule has 1 aliphatic rings. The summed E-state index contributed by atoms with van der Waals surface area (Å²) in [6.07, 6.45) is 5.33. The summed E-state index contributed by atoms with van der Waals surface area (Å²) in [4.78, 5) is 7.12. The molecule has 1 saturated heterocycles. The lowest BCUT2D eigenvalue weighted by Gasteiger charge is -2.23. The van der Waals surface area contributed by atoms with Gasteiger partial charge in [0.05, 0.1) is 6.54 Å². The maximum Gasteiger partial charge on any atom is 0.191 e. The molecule has 0 amide bonds. The highest BCUT2D eigenvalue weighted by molar-refractivity contribution is 5.79. The average Bonchev–Trinajstić information content (AvgIpc) is 2.79. The molecule has 2 rings (SSSR count). The lowest BCUT2D eigenvalue weighted by atomic mass is 9.96. The molecule has 1 aromatic rings. The molecule has 0 radical (unpaired) electrons. The minimum atomic E-state index is -1.05. The fourth-order valence-corrected chi connectivity index (χ4v) is 3.52. The highest BCUT2D eigenvalue weighted by atomic mass is 16.3. The Labute approximate surface area is 158 Å². The molecular formula is C20H36N4O2. The molecule has 1 aromatic heterocycles. The van der Waals surface area contributed by atoms with Crippen LogP contribution in [0.1, 0.15) is 56.6 Å². The van der Waals surface area contributed by atoms with Crippen LogP contribution in [0.5, 0.6) is 0 Å². The van der Waals surface area contributed by atoms with Gasteiger partial charge in [0.1, 0.15) is 17.1 Å². The average molecular weight is 365 g/mol. The van der Waals surface area contributed by atoms with Crippen molar-refractivity contribution in [3.05, 3.63) is 23.2 Å². The van der Waals surface area contributed by atoms with Crippen molar-refractivity contribution in [3.8, 4) is 0 Å². The monoisotopic (exact) mass is 364 g/mol. The second-order valence-corrected chi connectivity index (χ2v) is 7.48. The van der Waals surface area contributed by atoms with E-state index in [2.05, 4.69) is 20.5 Å². The van der Waals surface area contributed by atoms with Crippen molar-refractivity contribution in [1.29, 1.82) is 0 Å². The van der Waals surface area contributed by atoms with Crippen LogP contribution in [-0.4, -0.2) is 55.2 Å². The van der Waals surface area contributed by atoms with Crippen molar-refractivity contribution in [3.63, 3.8) is 0 Å². The van der Waals surface area contributed by atoms with Gasteiger partial charge in [-0.3, -0.25) is 0 Å². The lowest BCUT2D eigenvalue weighted by molar-refractivity contribution is 0.0657. The number of guanidine groups is 1. The summed E-state index contributed by atoms with van der Waals surface area (Å²) in [5, 5.41) is 17.5. The van der Waals surface area contributed by atoms with Crippen LogP contribution in [0.3, 0.4) is 0 Å². The quantitative estimate of drug-likeness (QED) is 0.512. The highest BCUT2D eigenvalue weighted by Gasteiger charge is 2.27. The summed E-state index contributed by atoms with van der Waals surface area (Å²) < 4.78 is 5.55. The number of nitrogens with zero attached hydrogens (tertiary/aromatic N) is 2. The number of furan rings is 1. The molecular weight excluding hydrogens is 328 g/mol. The third-order valence-electron chi connectivity index (χ3n) is 4.93. The number of rotatable bonds is 7. The number of aliphatic hydroxyl groups is 1. The van der Waals surface area contributed by atoms with Crippen molar-refractivity contribution in [2.45, 2.75) is 59.0 Å². The molecule has 0 aromatic carbocycles. The van der Waals surface area contributed by atoms with E-state index >= 15 is 0 Å². The number of aliphatic imine (C=N–C) groups is 1. The van der Waals surface area contributed by atoms with Crippen LogP contribution < -0.4 is 10.6 Å². The second-order valence-electron chi connectivity index (χ2n) is 7.48. The van der Waals surface area contributed by atoms with Gasteiger partial charge < -0.3 is 25.1 Å². The summed E-state index contributed by atoms with van der Waals surface area (Å²) in [7, 11) is 0. The Hall–Kier alpha value is -1.53. The molecule has 1 unspecified atom stereocenters. The standard InChI is InChI=1S/C20H36N4O2/c1-5-21-19(22-10-13-24-11-8-6-7-9-12-24)23-15-20(4,25)18-14-16(2)26-17(18)3/h14,25H,5-13,15H2,1-4H3,(H2,21,22,23). The predicted octanol–water partition coefficient (Wildman–Crippen LogP) is 2.54. The van der Waals surface area contributed by atoms with E-state index in [1.165, 1.54) is 38.8 Å². The van der Waals surface area contributed by atoms with E-state index in [1.807, 2.05) is 26.8 Å².